The first-order chi connectivity index (χ1) is 42.8. The molecule has 10 heteroatoms. The number of allylic oxidation sites excluding steroid dienone is 20. The largest absolute Gasteiger partial charge is 0.472 e. The number of phosphoric acid groups is 1. The zero-order valence-electron chi connectivity index (χ0n) is 56.2. The summed E-state index contributed by atoms with van der Waals surface area (Å²) in [6, 6.07) is 0. The quantitative estimate of drug-likeness (QED) is 0.0264. The van der Waals surface area contributed by atoms with Crippen LogP contribution in [0.2, 0.25) is 0 Å². The molecular formula is C77H134NO8P. The van der Waals surface area contributed by atoms with Crippen LogP contribution in [-0.2, 0) is 32.7 Å². The number of carbonyl (C=O) groups is 2. The van der Waals surface area contributed by atoms with Crippen molar-refractivity contribution in [2.45, 2.75) is 328 Å². The lowest BCUT2D eigenvalue weighted by Gasteiger charge is -2.19. The minimum absolute atomic E-state index is 0.0506. The van der Waals surface area contributed by atoms with Crippen LogP contribution >= 0.6 is 7.82 Å². The Morgan fingerprint density at radius 2 is 0.598 bits per heavy atom. The van der Waals surface area contributed by atoms with Crippen molar-refractivity contribution in [3.8, 4) is 0 Å². The van der Waals surface area contributed by atoms with Crippen molar-refractivity contribution in [2.24, 2.45) is 5.73 Å². The minimum Gasteiger partial charge on any atom is -0.462 e. The molecule has 9 nitrogen and oxygen atoms in total. The van der Waals surface area contributed by atoms with Gasteiger partial charge in [0.25, 0.3) is 0 Å². The van der Waals surface area contributed by atoms with Crippen LogP contribution in [0, 0.1) is 0 Å². The molecule has 0 fully saturated rings. The molecule has 500 valence electrons. The highest BCUT2D eigenvalue weighted by molar-refractivity contribution is 7.47. The number of hydrogen-bond donors (Lipinski definition) is 2. The molecule has 0 amide bonds. The first-order valence-corrected chi connectivity index (χ1v) is 37.5. The summed E-state index contributed by atoms with van der Waals surface area (Å²) in [6.45, 7) is 3.55. The zero-order chi connectivity index (χ0) is 63.0. The number of rotatable bonds is 67. The Bertz CT molecular complexity index is 1840. The number of carbonyl (C=O) groups excluding carboxylic acids is 2. The number of esters is 2. The van der Waals surface area contributed by atoms with E-state index < -0.39 is 26.5 Å². The first-order valence-electron chi connectivity index (χ1n) is 36.0. The molecule has 0 aliphatic carbocycles. The molecule has 2 atom stereocenters. The molecule has 3 N–H and O–H groups in total. The van der Waals surface area contributed by atoms with Gasteiger partial charge in [0.05, 0.1) is 13.2 Å². The topological polar surface area (TPSA) is 134 Å². The van der Waals surface area contributed by atoms with Crippen molar-refractivity contribution < 1.29 is 37.6 Å². The van der Waals surface area contributed by atoms with Gasteiger partial charge in [-0.2, -0.15) is 0 Å². The Labute approximate surface area is 536 Å². The van der Waals surface area contributed by atoms with Crippen molar-refractivity contribution in [3.05, 3.63) is 122 Å². The predicted molar refractivity (Wildman–Crippen MR) is 376 cm³/mol. The number of unbranched alkanes of at least 4 members (excludes halogenated alkanes) is 34. The summed E-state index contributed by atoms with van der Waals surface area (Å²) in [5.41, 5.74) is 5.41. The van der Waals surface area contributed by atoms with Gasteiger partial charge in [-0.25, -0.2) is 4.57 Å². The van der Waals surface area contributed by atoms with Crippen LogP contribution in [-0.4, -0.2) is 49.3 Å². The molecule has 0 aromatic rings. The Kier molecular flexibility index (Phi) is 68.5. The number of hydrogen-bond acceptors (Lipinski definition) is 8. The fourth-order valence-corrected chi connectivity index (χ4v) is 10.9. The van der Waals surface area contributed by atoms with Crippen molar-refractivity contribution in [2.75, 3.05) is 26.4 Å². The fourth-order valence-electron chi connectivity index (χ4n) is 10.1. The van der Waals surface area contributed by atoms with Gasteiger partial charge in [-0.05, 0) is 103 Å². The molecular weight excluding hydrogens is 1100 g/mol. The van der Waals surface area contributed by atoms with E-state index in [4.69, 9.17) is 24.3 Å². The second-order valence-corrected chi connectivity index (χ2v) is 25.1. The van der Waals surface area contributed by atoms with Gasteiger partial charge in [-0.3, -0.25) is 18.6 Å². The molecule has 0 bridgehead atoms. The average molecular weight is 1230 g/mol. The molecule has 0 rings (SSSR count). The molecule has 0 aliphatic heterocycles. The van der Waals surface area contributed by atoms with Crippen LogP contribution in [0.1, 0.15) is 322 Å². The maximum Gasteiger partial charge on any atom is 0.472 e. The molecule has 2 unspecified atom stereocenters. The van der Waals surface area contributed by atoms with Gasteiger partial charge in [-0.15, -0.1) is 0 Å². The minimum atomic E-state index is -4.40. The molecule has 0 spiro atoms. The zero-order valence-corrected chi connectivity index (χ0v) is 57.1. The highest BCUT2D eigenvalue weighted by Gasteiger charge is 2.26. The van der Waals surface area contributed by atoms with Crippen LogP contribution in [0.5, 0.6) is 0 Å². The second-order valence-electron chi connectivity index (χ2n) is 23.7. The van der Waals surface area contributed by atoms with Crippen molar-refractivity contribution >= 4 is 19.8 Å². The van der Waals surface area contributed by atoms with Crippen LogP contribution in [0.25, 0.3) is 0 Å². The summed E-state index contributed by atoms with van der Waals surface area (Å²) in [7, 11) is -4.40. The van der Waals surface area contributed by atoms with Gasteiger partial charge in [0.2, 0.25) is 0 Å². The third-order valence-corrected chi connectivity index (χ3v) is 16.3. The Balaban J connectivity index is 3.85. The molecule has 0 aromatic heterocycles. The van der Waals surface area contributed by atoms with E-state index in [2.05, 4.69) is 135 Å². The highest BCUT2D eigenvalue weighted by atomic mass is 31.2. The van der Waals surface area contributed by atoms with Crippen molar-refractivity contribution in [3.63, 3.8) is 0 Å². The summed E-state index contributed by atoms with van der Waals surface area (Å²) < 4.78 is 33.2. The first kappa shape index (κ1) is 83.4. The van der Waals surface area contributed by atoms with Crippen LogP contribution in [0.15, 0.2) is 122 Å². The van der Waals surface area contributed by atoms with Gasteiger partial charge >= 0.3 is 19.8 Å². The monoisotopic (exact) mass is 1230 g/mol. The Morgan fingerprint density at radius 1 is 0.345 bits per heavy atom. The smallest absolute Gasteiger partial charge is 0.462 e. The fraction of sp³-hybridized carbons (Fsp3) is 0.714. The van der Waals surface area contributed by atoms with Crippen molar-refractivity contribution in [1.29, 1.82) is 0 Å². The third-order valence-electron chi connectivity index (χ3n) is 15.3. The van der Waals surface area contributed by atoms with E-state index in [0.29, 0.717) is 6.42 Å². The maximum atomic E-state index is 12.8. The SMILES string of the molecule is CC/C=C\C/C=C\C/C=C\C/C=C\C/C=C\CCCCCCCCCCCCCCCCCCCCCCCC(=O)OC(COC(=O)CCCCCCCCCCCCCCC/C=C\C/C=C\C/C=C\C/C=C\C/C=C\CC)COP(=O)(O)OCCN. The molecule has 0 aliphatic rings. The molecule has 0 radical (unpaired) electrons. The van der Waals surface area contributed by atoms with E-state index in [1.165, 1.54) is 186 Å². The molecule has 0 heterocycles. The van der Waals surface area contributed by atoms with Gasteiger partial charge in [-0.1, -0.05) is 328 Å². The number of ether oxygens (including phenoxy) is 2. The van der Waals surface area contributed by atoms with Gasteiger partial charge in [0, 0.05) is 19.4 Å². The average Bonchev–Trinajstić information content (AvgIpc) is 3.65. The van der Waals surface area contributed by atoms with Gasteiger partial charge in [0.1, 0.15) is 6.61 Å². The van der Waals surface area contributed by atoms with Crippen LogP contribution in [0.3, 0.4) is 0 Å². The number of nitrogens with two attached hydrogens (primary N) is 1. The summed E-state index contributed by atoms with van der Waals surface area (Å²) >= 11 is 0. The van der Waals surface area contributed by atoms with Gasteiger partial charge in [0.15, 0.2) is 6.10 Å². The summed E-state index contributed by atoms with van der Waals surface area (Å²) in [5, 5.41) is 0. The lowest BCUT2D eigenvalue weighted by molar-refractivity contribution is -0.161. The van der Waals surface area contributed by atoms with E-state index in [0.717, 1.165) is 103 Å². The Morgan fingerprint density at radius 3 is 0.885 bits per heavy atom. The second kappa shape index (κ2) is 71.5. The van der Waals surface area contributed by atoms with E-state index in [9.17, 15) is 19.0 Å². The highest BCUT2D eigenvalue weighted by Crippen LogP contribution is 2.43. The van der Waals surface area contributed by atoms with E-state index in [1.807, 2.05) is 0 Å². The van der Waals surface area contributed by atoms with Crippen LogP contribution < -0.4 is 5.73 Å². The third kappa shape index (κ3) is 71.4. The molecule has 0 saturated carbocycles. The summed E-state index contributed by atoms with van der Waals surface area (Å²) in [5.74, 6) is -0.820. The van der Waals surface area contributed by atoms with E-state index in [1.54, 1.807) is 0 Å². The van der Waals surface area contributed by atoms with Crippen molar-refractivity contribution in [1.82, 2.24) is 0 Å². The lowest BCUT2D eigenvalue weighted by Crippen LogP contribution is -2.29. The Hall–Kier alpha value is -3.59. The van der Waals surface area contributed by atoms with E-state index in [-0.39, 0.29) is 38.6 Å². The lowest BCUT2D eigenvalue weighted by atomic mass is 10.0. The predicted octanol–water partition coefficient (Wildman–Crippen LogP) is 23.9. The summed E-state index contributed by atoms with van der Waals surface area (Å²) in [6.07, 6.45) is 100. The molecule has 87 heavy (non-hydrogen) atoms. The van der Waals surface area contributed by atoms with Crippen LogP contribution in [0.4, 0.5) is 0 Å². The maximum absolute atomic E-state index is 12.8. The standard InChI is InChI=1S/C77H134NO8P/c1-3-5-7-9-11-13-15-17-19-21-23-25-27-29-31-33-34-35-36-37-38-39-40-42-44-46-48-50-52-54-56-58-60-62-64-66-68-70-77(80)86-75(74-85-87(81,82)84-72-71-78)73-83-76(79)69-67-65-63-61-59-57-55-53-51-49-47-45-43-41-32-30-28-26-24-22-20-18-16-14-12-10-8-6-4-2/h5-8,11-14,17-20,23-26,29-32,75H,3-4,9-10,15-16,21-22,27-28,33-74,78H2,1-2H3,(H,81,82)/b7-5-,8-6-,13-11-,14-12-,19-17-,20-18-,25-23-,26-24-,31-29-,32-30-. The summed E-state index contributed by atoms with van der Waals surface area (Å²) in [4.78, 5) is 35.4. The molecule has 0 aromatic carbocycles. The normalized spacial score (nSPS) is 13.7. The van der Waals surface area contributed by atoms with Gasteiger partial charge < -0.3 is 20.1 Å². The number of phosphoric ester groups is 1. The molecule has 0 saturated heterocycles. The van der Waals surface area contributed by atoms with E-state index >= 15 is 0 Å².